The number of esters is 1. The molecule has 5 fully saturated rings. The Morgan fingerprint density at radius 1 is 0.922 bits per heavy atom. The number of ether oxygens (including phenoxy) is 1. The Labute approximate surface area is 312 Å². The van der Waals surface area contributed by atoms with E-state index in [2.05, 4.69) is 53.4 Å². The minimum absolute atomic E-state index is 0.00178. The Morgan fingerprint density at radius 3 is 2.29 bits per heavy atom. The van der Waals surface area contributed by atoms with Crippen LogP contribution in [0.2, 0.25) is 5.02 Å². The van der Waals surface area contributed by atoms with E-state index in [9.17, 15) is 19.5 Å². The highest BCUT2D eigenvalue weighted by atomic mass is 35.5. The van der Waals surface area contributed by atoms with Crippen molar-refractivity contribution in [3.8, 4) is 0 Å². The molecule has 5 aliphatic rings. The van der Waals surface area contributed by atoms with Crippen LogP contribution in [0.3, 0.4) is 0 Å². The Morgan fingerprint density at radius 2 is 1.63 bits per heavy atom. The first-order valence-corrected chi connectivity index (χ1v) is 20.2. The molecule has 0 aliphatic heterocycles. The van der Waals surface area contributed by atoms with Crippen LogP contribution in [-0.2, 0) is 25.7 Å². The number of hydrogen-bond donors (Lipinski definition) is 2. The topological polar surface area (TPSA) is 92.7 Å². The third kappa shape index (κ3) is 6.19. The Balaban J connectivity index is 1.23. The van der Waals surface area contributed by atoms with Gasteiger partial charge in [0, 0.05) is 23.4 Å². The molecule has 0 spiro atoms. The molecule has 51 heavy (non-hydrogen) atoms. The summed E-state index contributed by atoms with van der Waals surface area (Å²) in [6, 6.07) is 7.76. The number of hydrogen-bond acceptors (Lipinski definition) is 4. The van der Waals surface area contributed by atoms with Gasteiger partial charge in [-0.05, 0) is 148 Å². The lowest BCUT2D eigenvalue weighted by Gasteiger charge is -2.73. The smallest absolute Gasteiger partial charge is 0.309 e. The van der Waals surface area contributed by atoms with E-state index in [1.807, 2.05) is 24.3 Å². The summed E-state index contributed by atoms with van der Waals surface area (Å²) in [5.41, 5.74) is 1.36. The number of rotatable bonds is 9. The van der Waals surface area contributed by atoms with Gasteiger partial charge in [0.2, 0.25) is 5.91 Å². The third-order valence-corrected chi connectivity index (χ3v) is 16.9. The van der Waals surface area contributed by atoms with Gasteiger partial charge in [0.25, 0.3) is 0 Å². The van der Waals surface area contributed by atoms with Crippen molar-refractivity contribution in [2.45, 2.75) is 145 Å². The fourth-order valence-electron chi connectivity index (χ4n) is 13.6. The van der Waals surface area contributed by atoms with E-state index in [0.717, 1.165) is 56.9 Å². The SMILES string of the molecule is C=C(C)[C@@H]1CC[C@]2(CC(=O)NCc3ccccc3Cl)CC[C@]3(C)[C@H](CC[C@@H]4[C@@]5(C)CCC(OC(=O)CC(C)(C)C(=O)O)C(C)(C)[C@@H]5CC[C@]43C)[C@@H]12. The highest BCUT2D eigenvalue weighted by molar-refractivity contribution is 6.31. The third-order valence-electron chi connectivity index (χ3n) is 16.6. The van der Waals surface area contributed by atoms with E-state index in [1.165, 1.54) is 18.4 Å². The predicted molar refractivity (Wildman–Crippen MR) is 203 cm³/mol. The zero-order valence-electron chi connectivity index (χ0n) is 32.6. The Hall–Kier alpha value is -2.34. The zero-order valence-corrected chi connectivity index (χ0v) is 33.4. The number of carbonyl (C=O) groups is 3. The summed E-state index contributed by atoms with van der Waals surface area (Å²) in [7, 11) is 0. The highest BCUT2D eigenvalue weighted by Crippen LogP contribution is 2.78. The monoisotopic (exact) mass is 721 g/mol. The van der Waals surface area contributed by atoms with E-state index in [1.54, 1.807) is 13.8 Å². The van der Waals surface area contributed by atoms with E-state index in [-0.39, 0.29) is 45.5 Å². The first kappa shape index (κ1) is 38.4. The van der Waals surface area contributed by atoms with Gasteiger partial charge in [0.05, 0.1) is 11.8 Å². The van der Waals surface area contributed by atoms with Crippen LogP contribution in [0.15, 0.2) is 36.4 Å². The number of carboxylic acid groups (broad SMARTS) is 1. The minimum Gasteiger partial charge on any atom is -0.481 e. The molecule has 2 N–H and O–H groups in total. The molecule has 0 bridgehead atoms. The lowest BCUT2D eigenvalue weighted by Crippen LogP contribution is -2.67. The Kier molecular flexibility index (Phi) is 9.94. The number of benzene rings is 1. The van der Waals surface area contributed by atoms with Crippen molar-refractivity contribution >= 4 is 29.4 Å². The minimum atomic E-state index is -1.15. The van der Waals surface area contributed by atoms with Crippen molar-refractivity contribution < 1.29 is 24.2 Å². The second kappa shape index (κ2) is 13.2. The average Bonchev–Trinajstić information content (AvgIpc) is 3.41. The fraction of sp³-hybridized carbons (Fsp3) is 0.750. The van der Waals surface area contributed by atoms with Crippen molar-refractivity contribution in [1.82, 2.24) is 5.32 Å². The van der Waals surface area contributed by atoms with Crippen LogP contribution in [-0.4, -0.2) is 29.1 Å². The van der Waals surface area contributed by atoms with Crippen molar-refractivity contribution in [2.24, 2.45) is 62.1 Å². The largest absolute Gasteiger partial charge is 0.481 e. The predicted octanol–water partition coefficient (Wildman–Crippen LogP) is 10.4. The number of allylic oxidation sites excluding steroid dienone is 1. The molecular formula is C44H64ClNO5. The Bertz CT molecular complexity index is 1570. The number of fused-ring (bicyclic) bond motifs is 7. The molecule has 6 nitrogen and oxygen atoms in total. The summed E-state index contributed by atoms with van der Waals surface area (Å²) >= 11 is 6.43. The first-order chi connectivity index (χ1) is 23.7. The maximum absolute atomic E-state index is 13.8. The normalized spacial score (nSPS) is 39.8. The number of carboxylic acids is 1. The molecule has 10 atom stereocenters. The summed E-state index contributed by atoms with van der Waals surface area (Å²) in [6.45, 7) is 22.8. The van der Waals surface area contributed by atoms with Crippen molar-refractivity contribution in [1.29, 1.82) is 0 Å². The molecule has 0 saturated heterocycles. The molecule has 5 aliphatic carbocycles. The summed E-state index contributed by atoms with van der Waals surface area (Å²) in [5.74, 6) is 1.22. The van der Waals surface area contributed by atoms with Crippen LogP contribution >= 0.6 is 11.6 Å². The second-order valence-electron chi connectivity index (χ2n) is 19.8. The summed E-state index contributed by atoms with van der Waals surface area (Å²) < 4.78 is 6.18. The average molecular weight is 722 g/mol. The molecule has 1 unspecified atom stereocenters. The van der Waals surface area contributed by atoms with E-state index in [0.29, 0.717) is 47.6 Å². The van der Waals surface area contributed by atoms with Crippen LogP contribution in [0, 0.1) is 62.1 Å². The van der Waals surface area contributed by atoms with Crippen molar-refractivity contribution in [3.63, 3.8) is 0 Å². The second-order valence-corrected chi connectivity index (χ2v) is 20.2. The number of amides is 1. The molecular weight excluding hydrogens is 658 g/mol. The van der Waals surface area contributed by atoms with Crippen LogP contribution in [0.25, 0.3) is 0 Å². The van der Waals surface area contributed by atoms with E-state index < -0.39 is 17.4 Å². The van der Waals surface area contributed by atoms with Gasteiger partial charge in [-0.3, -0.25) is 14.4 Å². The van der Waals surface area contributed by atoms with Gasteiger partial charge in [-0.25, -0.2) is 0 Å². The van der Waals surface area contributed by atoms with Gasteiger partial charge in [0.15, 0.2) is 0 Å². The molecule has 7 heteroatoms. The van der Waals surface area contributed by atoms with Crippen LogP contribution in [0.1, 0.15) is 138 Å². The molecule has 0 aromatic heterocycles. The van der Waals surface area contributed by atoms with Crippen molar-refractivity contribution in [2.75, 3.05) is 0 Å². The lowest BCUT2D eigenvalue weighted by atomic mass is 9.32. The molecule has 5 saturated carbocycles. The maximum Gasteiger partial charge on any atom is 0.309 e. The van der Waals surface area contributed by atoms with Crippen LogP contribution in [0.4, 0.5) is 0 Å². The highest BCUT2D eigenvalue weighted by Gasteiger charge is 2.71. The quantitative estimate of drug-likeness (QED) is 0.196. The molecule has 0 heterocycles. The van der Waals surface area contributed by atoms with Gasteiger partial charge >= 0.3 is 11.9 Å². The van der Waals surface area contributed by atoms with Gasteiger partial charge in [-0.1, -0.05) is 76.6 Å². The summed E-state index contributed by atoms with van der Waals surface area (Å²) in [5, 5.41) is 13.5. The number of aliphatic carboxylic acids is 1. The van der Waals surface area contributed by atoms with Gasteiger partial charge < -0.3 is 15.2 Å². The molecule has 282 valence electrons. The maximum atomic E-state index is 13.8. The fourth-order valence-corrected chi connectivity index (χ4v) is 13.8. The molecule has 6 rings (SSSR count). The number of carbonyl (C=O) groups excluding carboxylic acids is 2. The molecule has 1 aromatic carbocycles. The van der Waals surface area contributed by atoms with Crippen molar-refractivity contribution in [3.05, 3.63) is 47.0 Å². The molecule has 0 radical (unpaired) electrons. The van der Waals surface area contributed by atoms with E-state index >= 15 is 0 Å². The van der Waals surface area contributed by atoms with Gasteiger partial charge in [0.1, 0.15) is 6.10 Å². The number of halogens is 1. The molecule has 1 amide bonds. The van der Waals surface area contributed by atoms with E-state index in [4.69, 9.17) is 16.3 Å². The standard InChI is InChI=1S/C44H64ClNO5/c1-27(2)29-16-21-44(24-35(47)46-26-28-12-10-11-13-31(28)45)23-22-42(8)30(37(29)44)14-15-33-41(7)19-18-34(51-36(48)25-39(3,4)38(49)50)40(5,6)32(41)17-20-43(33,42)9/h10-13,29-30,32-34,37H,1,14-26H2,2-9H3,(H,46,47)(H,49,50)/t29-,30+,32-,33+,34?,37+,41-,42+,43+,44+/m0/s1. The summed E-state index contributed by atoms with van der Waals surface area (Å²) in [4.78, 5) is 38.6. The summed E-state index contributed by atoms with van der Waals surface area (Å²) in [6.07, 6.45) is 11.2. The van der Waals surface area contributed by atoms with Gasteiger partial charge in [-0.2, -0.15) is 0 Å². The first-order valence-electron chi connectivity index (χ1n) is 19.8. The van der Waals surface area contributed by atoms with Gasteiger partial charge in [-0.15, -0.1) is 0 Å². The lowest BCUT2D eigenvalue weighted by molar-refractivity contribution is -0.250. The van der Waals surface area contributed by atoms with Crippen LogP contribution in [0.5, 0.6) is 0 Å². The van der Waals surface area contributed by atoms with Crippen LogP contribution < -0.4 is 5.32 Å². The number of nitrogens with one attached hydrogen (secondary N) is 1. The molecule has 1 aromatic rings. The zero-order chi connectivity index (χ0) is 37.4.